The highest BCUT2D eigenvalue weighted by molar-refractivity contribution is 5.90. The zero-order valence-electron chi connectivity index (χ0n) is 12.3. The average molecular weight is 312 g/mol. The van der Waals surface area contributed by atoms with Crippen molar-refractivity contribution in [2.75, 3.05) is 6.61 Å². The van der Waals surface area contributed by atoms with E-state index in [1.54, 1.807) is 0 Å². The van der Waals surface area contributed by atoms with Crippen molar-refractivity contribution in [3.63, 3.8) is 0 Å². The van der Waals surface area contributed by atoms with Gasteiger partial charge in [0.1, 0.15) is 0 Å². The Morgan fingerprint density at radius 1 is 1.05 bits per heavy atom. The molecule has 1 rings (SSSR count). The molecule has 0 aromatic heterocycles. The van der Waals surface area contributed by atoms with Gasteiger partial charge in [-0.15, -0.1) is 0 Å². The van der Waals surface area contributed by atoms with Gasteiger partial charge in [-0.3, -0.25) is 9.59 Å². The van der Waals surface area contributed by atoms with E-state index in [9.17, 15) is 19.2 Å². The number of carbonyl (C=O) groups excluding carboxylic acids is 3. The summed E-state index contributed by atoms with van der Waals surface area (Å²) in [6, 6.07) is 0. The molecule has 0 saturated heterocycles. The molecule has 1 aliphatic rings. The number of rotatable bonds is 8. The maximum absolute atomic E-state index is 11.5. The molecule has 0 aromatic rings. The molecule has 122 valence electrons. The number of ether oxygens (including phenoxy) is 2. The van der Waals surface area contributed by atoms with Crippen molar-refractivity contribution in [2.24, 2.45) is 5.92 Å². The Morgan fingerprint density at radius 2 is 1.73 bits per heavy atom. The number of hydrogen-bond donors (Lipinski definition) is 1. The van der Waals surface area contributed by atoms with E-state index in [-0.39, 0.29) is 25.9 Å². The molecule has 0 bridgehead atoms. The molecule has 7 nitrogen and oxygen atoms in total. The highest BCUT2D eigenvalue weighted by atomic mass is 16.6. The lowest BCUT2D eigenvalue weighted by molar-refractivity contribution is -0.160. The van der Waals surface area contributed by atoms with Crippen LogP contribution < -0.4 is 0 Å². The van der Waals surface area contributed by atoms with Gasteiger partial charge in [-0.25, -0.2) is 9.59 Å². The predicted molar refractivity (Wildman–Crippen MR) is 74.6 cm³/mol. The van der Waals surface area contributed by atoms with E-state index >= 15 is 0 Å². The van der Waals surface area contributed by atoms with Crippen molar-refractivity contribution in [3.8, 4) is 0 Å². The molecule has 0 atom stereocenters. The molecule has 0 aliphatic heterocycles. The van der Waals surface area contributed by atoms with E-state index in [2.05, 4.69) is 9.47 Å². The monoisotopic (exact) mass is 312 g/mol. The summed E-state index contributed by atoms with van der Waals surface area (Å²) in [5.41, 5.74) is 0. The Bertz CT molecular complexity index is 447. The minimum atomic E-state index is -1.25. The lowest BCUT2D eigenvalue weighted by Gasteiger charge is -2.07. The number of hydrogen-bond acceptors (Lipinski definition) is 6. The quantitative estimate of drug-likeness (QED) is 0.314. The third-order valence-corrected chi connectivity index (χ3v) is 3.29. The van der Waals surface area contributed by atoms with Crippen LogP contribution in [0.25, 0.3) is 0 Å². The second-order valence-corrected chi connectivity index (χ2v) is 5.14. The minimum Gasteiger partial charge on any atom is -0.478 e. The van der Waals surface area contributed by atoms with Crippen molar-refractivity contribution < 1.29 is 33.8 Å². The smallest absolute Gasteiger partial charge is 0.331 e. The topological polar surface area (TPSA) is 107 Å². The van der Waals surface area contributed by atoms with Gasteiger partial charge in [-0.2, -0.15) is 0 Å². The molecular weight excluding hydrogens is 292 g/mol. The van der Waals surface area contributed by atoms with Crippen LogP contribution in [0.15, 0.2) is 12.2 Å². The number of esters is 3. The van der Waals surface area contributed by atoms with E-state index in [0.717, 1.165) is 31.8 Å². The molecule has 22 heavy (non-hydrogen) atoms. The van der Waals surface area contributed by atoms with E-state index in [1.807, 2.05) is 0 Å². The van der Waals surface area contributed by atoms with Crippen LogP contribution in [0.4, 0.5) is 0 Å². The van der Waals surface area contributed by atoms with E-state index in [1.165, 1.54) is 0 Å². The van der Waals surface area contributed by atoms with Crippen LogP contribution in [0.3, 0.4) is 0 Å². The molecule has 0 amide bonds. The first-order chi connectivity index (χ1) is 10.5. The molecule has 7 heteroatoms. The standard InChI is InChI=1S/C15H20O7/c16-12(17)7-8-13(18)21-9-3-6-14(19)22-15(20)10-11-4-1-2-5-11/h7-8,11H,1-6,9-10H2,(H,16,17)/b8-7+. The van der Waals surface area contributed by atoms with E-state index < -0.39 is 23.9 Å². The van der Waals surface area contributed by atoms with Gasteiger partial charge >= 0.3 is 23.9 Å². The van der Waals surface area contributed by atoms with Crippen molar-refractivity contribution in [1.82, 2.24) is 0 Å². The highest BCUT2D eigenvalue weighted by Crippen LogP contribution is 2.27. The fraction of sp³-hybridized carbons (Fsp3) is 0.600. The van der Waals surface area contributed by atoms with Crippen molar-refractivity contribution >= 4 is 23.9 Å². The zero-order chi connectivity index (χ0) is 16.4. The molecule has 0 heterocycles. The van der Waals surface area contributed by atoms with E-state index in [4.69, 9.17) is 5.11 Å². The molecule has 1 saturated carbocycles. The minimum absolute atomic E-state index is 0.0354. The maximum atomic E-state index is 11.5. The number of carbonyl (C=O) groups is 4. The number of carboxylic acids is 1. The van der Waals surface area contributed by atoms with Gasteiger partial charge in [0.25, 0.3) is 0 Å². The number of aliphatic carboxylic acids is 1. The Kier molecular flexibility index (Phi) is 7.88. The lowest BCUT2D eigenvalue weighted by atomic mass is 10.0. The van der Waals surface area contributed by atoms with Crippen LogP contribution in [0.2, 0.25) is 0 Å². The van der Waals surface area contributed by atoms with Crippen molar-refractivity contribution in [2.45, 2.75) is 44.9 Å². The summed E-state index contributed by atoms with van der Waals surface area (Å²) in [5, 5.41) is 8.30. The first-order valence-corrected chi connectivity index (χ1v) is 7.28. The van der Waals surface area contributed by atoms with E-state index in [0.29, 0.717) is 12.0 Å². The maximum Gasteiger partial charge on any atom is 0.331 e. The molecule has 0 spiro atoms. The summed E-state index contributed by atoms with van der Waals surface area (Å²) in [6.45, 7) is -0.0469. The molecule has 0 radical (unpaired) electrons. The average Bonchev–Trinajstić information content (AvgIpc) is 2.94. The van der Waals surface area contributed by atoms with Crippen LogP contribution in [0.5, 0.6) is 0 Å². The summed E-state index contributed by atoms with van der Waals surface area (Å²) >= 11 is 0. The Hall–Kier alpha value is -2.18. The SMILES string of the molecule is O=C(O)/C=C/C(=O)OCCCC(=O)OC(=O)CC1CCCC1. The van der Waals surface area contributed by atoms with Crippen LogP contribution in [0, 0.1) is 5.92 Å². The zero-order valence-corrected chi connectivity index (χ0v) is 12.3. The van der Waals surface area contributed by atoms with Crippen LogP contribution >= 0.6 is 0 Å². The van der Waals surface area contributed by atoms with Gasteiger partial charge in [0, 0.05) is 25.0 Å². The van der Waals surface area contributed by atoms with Crippen LogP contribution in [-0.4, -0.2) is 35.6 Å². The Labute approximate surface area is 128 Å². The second kappa shape index (κ2) is 9.70. The first-order valence-electron chi connectivity index (χ1n) is 7.28. The van der Waals surface area contributed by atoms with Gasteiger partial charge < -0.3 is 14.6 Å². The van der Waals surface area contributed by atoms with Gasteiger partial charge in [0.15, 0.2) is 0 Å². The van der Waals surface area contributed by atoms with Crippen molar-refractivity contribution in [3.05, 3.63) is 12.2 Å². The molecular formula is C15H20O7. The molecule has 0 unspecified atom stereocenters. The summed E-state index contributed by atoms with van der Waals surface area (Å²) in [6.07, 6.45) is 6.15. The summed E-state index contributed by atoms with van der Waals surface area (Å²) in [5.74, 6) is -2.87. The fourth-order valence-electron chi connectivity index (χ4n) is 2.25. The summed E-state index contributed by atoms with van der Waals surface area (Å²) < 4.78 is 9.36. The number of carboxylic acid groups (broad SMARTS) is 1. The Balaban J connectivity index is 2.08. The third kappa shape index (κ3) is 8.18. The second-order valence-electron chi connectivity index (χ2n) is 5.14. The fourth-order valence-corrected chi connectivity index (χ4v) is 2.25. The molecule has 0 aromatic carbocycles. The summed E-state index contributed by atoms with van der Waals surface area (Å²) in [4.78, 5) is 44.1. The largest absolute Gasteiger partial charge is 0.478 e. The third-order valence-electron chi connectivity index (χ3n) is 3.29. The van der Waals surface area contributed by atoms with Gasteiger partial charge in [0.05, 0.1) is 6.61 Å². The van der Waals surface area contributed by atoms with Crippen LogP contribution in [-0.2, 0) is 28.7 Å². The lowest BCUT2D eigenvalue weighted by Crippen LogP contribution is -2.15. The van der Waals surface area contributed by atoms with Gasteiger partial charge in [-0.1, -0.05) is 12.8 Å². The molecule has 1 N–H and O–H groups in total. The van der Waals surface area contributed by atoms with Crippen LogP contribution in [0.1, 0.15) is 44.9 Å². The summed E-state index contributed by atoms with van der Waals surface area (Å²) in [7, 11) is 0. The molecule has 1 fully saturated rings. The normalized spacial score (nSPS) is 14.9. The predicted octanol–water partition coefficient (Wildman–Crippen LogP) is 1.60. The highest BCUT2D eigenvalue weighted by Gasteiger charge is 2.20. The Morgan fingerprint density at radius 3 is 2.36 bits per heavy atom. The van der Waals surface area contributed by atoms with Gasteiger partial charge in [0.2, 0.25) is 0 Å². The first kappa shape index (κ1) is 17.9. The van der Waals surface area contributed by atoms with Crippen molar-refractivity contribution in [1.29, 1.82) is 0 Å². The molecule has 1 aliphatic carbocycles. The van der Waals surface area contributed by atoms with Gasteiger partial charge in [-0.05, 0) is 25.2 Å².